The van der Waals surface area contributed by atoms with Gasteiger partial charge in [-0.25, -0.2) is 0 Å². The number of nitro groups is 1. The first-order chi connectivity index (χ1) is 9.49. The molecule has 1 aliphatic rings. The Kier molecular flexibility index (Phi) is 4.60. The van der Waals surface area contributed by atoms with Crippen LogP contribution in [-0.4, -0.2) is 16.9 Å². The average molecular weight is 297 g/mol. The molecule has 6 heteroatoms. The highest BCUT2D eigenvalue weighted by atomic mass is 35.5. The molecule has 1 saturated carbocycles. The Bertz CT molecular complexity index is 533. The quantitative estimate of drug-likeness (QED) is 0.684. The minimum absolute atomic E-state index is 0.0394. The van der Waals surface area contributed by atoms with Crippen LogP contribution in [0.1, 0.15) is 43.0 Å². The van der Waals surface area contributed by atoms with Gasteiger partial charge in [-0.05, 0) is 30.9 Å². The van der Waals surface area contributed by atoms with E-state index < -0.39 is 4.92 Å². The van der Waals surface area contributed by atoms with Gasteiger partial charge in [0, 0.05) is 17.7 Å². The first kappa shape index (κ1) is 14.8. The third-order valence-electron chi connectivity index (χ3n) is 3.83. The fraction of sp³-hybridized carbons (Fsp3) is 0.500. The molecule has 5 nitrogen and oxygen atoms in total. The van der Waals surface area contributed by atoms with Crippen molar-refractivity contribution in [3.63, 3.8) is 0 Å². The van der Waals surface area contributed by atoms with Gasteiger partial charge in [0.15, 0.2) is 0 Å². The molecule has 1 N–H and O–H groups in total. The maximum atomic E-state index is 12.2. The maximum Gasteiger partial charge on any atom is 0.288 e. The standard InChI is InChI=1S/C14H17ClN2O3/c1-9-4-2-3-5-12(9)16-14(18)10-6-7-11(15)13(8-10)17(19)20/h6-9,12H,2-5H2,1H3,(H,16,18)/t9-,12-/m0/s1. The summed E-state index contributed by atoms with van der Waals surface area (Å²) in [6.45, 7) is 2.12. The van der Waals surface area contributed by atoms with E-state index in [-0.39, 0.29) is 28.2 Å². The molecular formula is C14H17ClN2O3. The van der Waals surface area contributed by atoms with E-state index >= 15 is 0 Å². The number of benzene rings is 1. The van der Waals surface area contributed by atoms with Crippen molar-refractivity contribution >= 4 is 23.2 Å². The molecule has 1 aromatic rings. The second kappa shape index (κ2) is 6.22. The molecule has 0 aromatic heterocycles. The molecule has 1 fully saturated rings. The van der Waals surface area contributed by atoms with Crippen molar-refractivity contribution < 1.29 is 9.72 Å². The smallest absolute Gasteiger partial charge is 0.288 e. The lowest BCUT2D eigenvalue weighted by atomic mass is 9.86. The molecule has 1 amide bonds. The molecule has 0 aliphatic heterocycles. The van der Waals surface area contributed by atoms with E-state index in [1.807, 2.05) is 0 Å². The van der Waals surface area contributed by atoms with E-state index in [9.17, 15) is 14.9 Å². The molecule has 0 bridgehead atoms. The van der Waals surface area contributed by atoms with Crippen LogP contribution in [-0.2, 0) is 0 Å². The van der Waals surface area contributed by atoms with Crippen molar-refractivity contribution in [3.05, 3.63) is 38.9 Å². The molecule has 1 aliphatic carbocycles. The Hall–Kier alpha value is -1.62. The number of carbonyl (C=O) groups is 1. The van der Waals surface area contributed by atoms with E-state index in [2.05, 4.69) is 12.2 Å². The fourth-order valence-electron chi connectivity index (χ4n) is 2.58. The maximum absolute atomic E-state index is 12.2. The van der Waals surface area contributed by atoms with E-state index in [0.29, 0.717) is 5.92 Å². The van der Waals surface area contributed by atoms with Gasteiger partial charge in [-0.2, -0.15) is 0 Å². The van der Waals surface area contributed by atoms with Gasteiger partial charge >= 0.3 is 0 Å². The van der Waals surface area contributed by atoms with Gasteiger partial charge in [-0.3, -0.25) is 14.9 Å². The Balaban J connectivity index is 2.13. The van der Waals surface area contributed by atoms with Gasteiger partial charge < -0.3 is 5.32 Å². The number of halogens is 1. The Morgan fingerprint density at radius 3 is 2.75 bits per heavy atom. The first-order valence-corrected chi connectivity index (χ1v) is 7.11. The molecule has 2 rings (SSSR count). The van der Waals surface area contributed by atoms with Crippen LogP contribution < -0.4 is 5.32 Å². The molecule has 20 heavy (non-hydrogen) atoms. The number of rotatable bonds is 3. The highest BCUT2D eigenvalue weighted by Crippen LogP contribution is 2.26. The Morgan fingerprint density at radius 1 is 1.40 bits per heavy atom. The summed E-state index contributed by atoms with van der Waals surface area (Å²) in [5.74, 6) is 0.165. The highest BCUT2D eigenvalue weighted by Gasteiger charge is 2.24. The zero-order chi connectivity index (χ0) is 14.7. The predicted molar refractivity (Wildman–Crippen MR) is 77.0 cm³/mol. The van der Waals surface area contributed by atoms with E-state index in [0.717, 1.165) is 19.3 Å². The summed E-state index contributed by atoms with van der Waals surface area (Å²) in [5.41, 5.74) is 0.0369. The summed E-state index contributed by atoms with van der Waals surface area (Å²) in [6.07, 6.45) is 4.37. The number of carbonyl (C=O) groups excluding carboxylic acids is 1. The topological polar surface area (TPSA) is 72.2 Å². The average Bonchev–Trinajstić information content (AvgIpc) is 2.41. The van der Waals surface area contributed by atoms with Gasteiger partial charge in [0.2, 0.25) is 0 Å². The number of hydrogen-bond acceptors (Lipinski definition) is 3. The number of nitrogens with zero attached hydrogens (tertiary/aromatic N) is 1. The van der Waals surface area contributed by atoms with Crippen molar-refractivity contribution in [2.75, 3.05) is 0 Å². The normalized spacial score (nSPS) is 22.3. The van der Waals surface area contributed by atoms with Crippen LogP contribution in [0.2, 0.25) is 5.02 Å². The second-order valence-corrected chi connectivity index (χ2v) is 5.67. The van der Waals surface area contributed by atoms with Crippen LogP contribution in [0.15, 0.2) is 18.2 Å². The van der Waals surface area contributed by atoms with E-state index in [1.54, 1.807) is 0 Å². The minimum Gasteiger partial charge on any atom is -0.349 e. The number of nitrogens with one attached hydrogen (secondary N) is 1. The van der Waals surface area contributed by atoms with Crippen molar-refractivity contribution in [3.8, 4) is 0 Å². The van der Waals surface area contributed by atoms with Crippen LogP contribution >= 0.6 is 11.6 Å². The molecule has 108 valence electrons. The zero-order valence-electron chi connectivity index (χ0n) is 11.3. The Labute approximate surface area is 122 Å². The summed E-state index contributed by atoms with van der Waals surface area (Å²) >= 11 is 5.74. The Morgan fingerprint density at radius 2 is 2.10 bits per heavy atom. The summed E-state index contributed by atoms with van der Waals surface area (Å²) < 4.78 is 0. The third-order valence-corrected chi connectivity index (χ3v) is 4.15. The monoisotopic (exact) mass is 296 g/mol. The van der Waals surface area contributed by atoms with Crippen LogP contribution in [0.4, 0.5) is 5.69 Å². The van der Waals surface area contributed by atoms with Gasteiger partial charge in [0.25, 0.3) is 11.6 Å². The van der Waals surface area contributed by atoms with Crippen molar-refractivity contribution in [1.29, 1.82) is 0 Å². The lowest BCUT2D eigenvalue weighted by molar-refractivity contribution is -0.384. The molecule has 0 radical (unpaired) electrons. The van der Waals surface area contributed by atoms with E-state index in [4.69, 9.17) is 11.6 Å². The van der Waals surface area contributed by atoms with Gasteiger partial charge in [-0.15, -0.1) is 0 Å². The lowest BCUT2D eigenvalue weighted by Crippen LogP contribution is -2.41. The molecule has 0 saturated heterocycles. The SMILES string of the molecule is C[C@H]1CCCC[C@@H]1NC(=O)c1ccc(Cl)c([N+](=O)[O-])c1. The van der Waals surface area contributed by atoms with E-state index in [1.165, 1.54) is 24.6 Å². The summed E-state index contributed by atoms with van der Waals surface area (Å²) in [7, 11) is 0. The molecular weight excluding hydrogens is 280 g/mol. The van der Waals surface area contributed by atoms with Crippen LogP contribution in [0.3, 0.4) is 0 Å². The summed E-state index contributed by atoms with van der Waals surface area (Å²) in [5, 5.41) is 13.8. The molecule has 0 heterocycles. The van der Waals surface area contributed by atoms with Gasteiger partial charge in [-0.1, -0.05) is 31.4 Å². The summed E-state index contributed by atoms with van der Waals surface area (Å²) in [4.78, 5) is 22.4. The third kappa shape index (κ3) is 3.28. The second-order valence-electron chi connectivity index (χ2n) is 5.26. The molecule has 2 atom stereocenters. The van der Waals surface area contributed by atoms with Crippen LogP contribution in [0.25, 0.3) is 0 Å². The molecule has 0 spiro atoms. The highest BCUT2D eigenvalue weighted by molar-refractivity contribution is 6.32. The first-order valence-electron chi connectivity index (χ1n) is 6.74. The van der Waals surface area contributed by atoms with Crippen LogP contribution in [0, 0.1) is 16.0 Å². The summed E-state index contributed by atoms with van der Waals surface area (Å²) in [6, 6.07) is 4.27. The number of hydrogen-bond donors (Lipinski definition) is 1. The number of nitro benzene ring substituents is 1. The molecule has 0 unspecified atom stereocenters. The largest absolute Gasteiger partial charge is 0.349 e. The minimum atomic E-state index is -0.581. The number of amides is 1. The van der Waals surface area contributed by atoms with Gasteiger partial charge in [0.1, 0.15) is 5.02 Å². The van der Waals surface area contributed by atoms with Gasteiger partial charge in [0.05, 0.1) is 4.92 Å². The van der Waals surface area contributed by atoms with Crippen molar-refractivity contribution in [2.45, 2.75) is 38.6 Å². The van der Waals surface area contributed by atoms with Crippen molar-refractivity contribution in [2.24, 2.45) is 5.92 Å². The predicted octanol–water partition coefficient (Wildman–Crippen LogP) is 3.56. The lowest BCUT2D eigenvalue weighted by Gasteiger charge is -2.29. The van der Waals surface area contributed by atoms with Crippen molar-refractivity contribution in [1.82, 2.24) is 5.32 Å². The zero-order valence-corrected chi connectivity index (χ0v) is 12.0. The molecule has 1 aromatic carbocycles. The van der Waals surface area contributed by atoms with Crippen LogP contribution in [0.5, 0.6) is 0 Å². The fourth-order valence-corrected chi connectivity index (χ4v) is 2.76.